The van der Waals surface area contributed by atoms with Crippen molar-refractivity contribution >= 4 is 27.9 Å². The maximum atomic E-state index is 12.9. The van der Waals surface area contributed by atoms with Crippen molar-refractivity contribution in [3.63, 3.8) is 0 Å². The molecule has 162 valence electrons. The van der Waals surface area contributed by atoms with Crippen LogP contribution in [0.1, 0.15) is 18.5 Å². The van der Waals surface area contributed by atoms with Gasteiger partial charge in [-0.15, -0.1) is 0 Å². The number of allylic oxidation sites excluding steroid dienone is 1. The lowest BCUT2D eigenvalue weighted by Gasteiger charge is -2.27. The predicted molar refractivity (Wildman–Crippen MR) is 125 cm³/mol. The van der Waals surface area contributed by atoms with Crippen LogP contribution in [-0.2, 0) is 9.53 Å². The molecule has 8 heteroatoms. The number of nitrogens with one attached hydrogen (secondary N) is 2. The summed E-state index contributed by atoms with van der Waals surface area (Å²) in [6.07, 6.45) is 3.33. The Labute approximate surface area is 193 Å². The molecule has 3 aromatic rings. The number of hydrogen-bond acceptors (Lipinski definition) is 4. The van der Waals surface area contributed by atoms with E-state index in [1.807, 2.05) is 60.8 Å². The largest absolute Gasteiger partial charge is 0.458 e. The van der Waals surface area contributed by atoms with E-state index in [2.05, 4.69) is 33.1 Å². The summed E-state index contributed by atoms with van der Waals surface area (Å²) in [4.78, 5) is 25.2. The number of esters is 1. The number of halogens is 1. The molecule has 4 rings (SSSR count). The number of aromatic nitrogens is 2. The third-order valence-corrected chi connectivity index (χ3v) is 5.54. The van der Waals surface area contributed by atoms with E-state index in [1.54, 1.807) is 11.6 Å². The number of benzene rings is 2. The topological polar surface area (TPSA) is 85.2 Å². The average molecular weight is 493 g/mol. The first kappa shape index (κ1) is 21.6. The lowest BCUT2D eigenvalue weighted by atomic mass is 9.94. The number of ether oxygens (including phenoxy) is 1. The fraction of sp³-hybridized carbons (Fsp3) is 0.125. The summed E-state index contributed by atoms with van der Waals surface area (Å²) in [5.41, 5.74) is 3.78. The Morgan fingerprint density at radius 1 is 1.22 bits per heavy atom. The molecule has 0 spiro atoms. The Kier molecular flexibility index (Phi) is 6.23. The molecule has 0 bridgehead atoms. The molecule has 0 saturated carbocycles. The lowest BCUT2D eigenvalue weighted by Crippen LogP contribution is -2.45. The zero-order chi connectivity index (χ0) is 22.7. The van der Waals surface area contributed by atoms with Gasteiger partial charge in [0, 0.05) is 27.5 Å². The number of carbonyl (C=O) groups excluding carboxylic acids is 2. The molecule has 0 radical (unpaired) electrons. The number of para-hydroxylation sites is 1. The van der Waals surface area contributed by atoms with E-state index >= 15 is 0 Å². The maximum absolute atomic E-state index is 12.9. The third kappa shape index (κ3) is 4.36. The van der Waals surface area contributed by atoms with E-state index in [9.17, 15) is 9.59 Å². The van der Waals surface area contributed by atoms with Crippen LogP contribution in [0, 0.1) is 0 Å². The Bertz CT molecular complexity index is 1200. The van der Waals surface area contributed by atoms with Gasteiger partial charge in [-0.3, -0.25) is 0 Å². The molecule has 32 heavy (non-hydrogen) atoms. The minimum atomic E-state index is -0.739. The highest BCUT2D eigenvalue weighted by Crippen LogP contribution is 2.35. The zero-order valence-corrected chi connectivity index (χ0v) is 18.9. The monoisotopic (exact) mass is 492 g/mol. The van der Waals surface area contributed by atoms with Crippen molar-refractivity contribution in [2.45, 2.75) is 13.0 Å². The minimum Gasteiger partial charge on any atom is -0.458 e. The molecule has 0 saturated heterocycles. The van der Waals surface area contributed by atoms with Crippen molar-refractivity contribution in [3.05, 3.63) is 94.8 Å². The SMILES string of the molecule is C=CCOC(=O)C1=C(C)NC(=O)NC1c1cn(-c2ccccc2)nc1-c1ccc(Br)cc1. The maximum Gasteiger partial charge on any atom is 0.338 e. The van der Waals surface area contributed by atoms with Gasteiger partial charge in [0.15, 0.2) is 0 Å². The second-order valence-corrected chi connectivity index (χ2v) is 8.09. The first-order valence-electron chi connectivity index (χ1n) is 9.95. The number of urea groups is 1. The van der Waals surface area contributed by atoms with Gasteiger partial charge in [0.05, 0.1) is 23.0 Å². The van der Waals surface area contributed by atoms with E-state index in [0.717, 1.165) is 15.7 Å². The van der Waals surface area contributed by atoms with Crippen LogP contribution in [0.3, 0.4) is 0 Å². The summed E-state index contributed by atoms with van der Waals surface area (Å²) >= 11 is 3.46. The summed E-state index contributed by atoms with van der Waals surface area (Å²) in [6, 6.07) is 16.2. The Morgan fingerprint density at radius 2 is 1.94 bits per heavy atom. The normalized spacial score (nSPS) is 15.7. The van der Waals surface area contributed by atoms with Crippen LogP contribution in [0.4, 0.5) is 4.79 Å². The summed E-state index contributed by atoms with van der Waals surface area (Å²) in [5.74, 6) is -0.533. The highest BCUT2D eigenvalue weighted by Gasteiger charge is 2.35. The molecule has 7 nitrogen and oxygen atoms in total. The molecule has 1 aromatic heterocycles. The highest BCUT2D eigenvalue weighted by atomic mass is 79.9. The van der Waals surface area contributed by atoms with Crippen LogP contribution in [0.25, 0.3) is 16.9 Å². The number of nitrogens with zero attached hydrogens (tertiary/aromatic N) is 2. The molecule has 0 aliphatic carbocycles. The van der Waals surface area contributed by atoms with Gasteiger partial charge in [0.1, 0.15) is 6.61 Å². The molecular formula is C24H21BrN4O3. The second kappa shape index (κ2) is 9.23. The van der Waals surface area contributed by atoms with Crippen molar-refractivity contribution < 1.29 is 14.3 Å². The number of rotatable bonds is 6. The van der Waals surface area contributed by atoms with Gasteiger partial charge in [0.25, 0.3) is 0 Å². The first-order valence-corrected chi connectivity index (χ1v) is 10.7. The molecule has 2 aromatic carbocycles. The van der Waals surface area contributed by atoms with Crippen LogP contribution in [-0.4, -0.2) is 28.4 Å². The van der Waals surface area contributed by atoms with E-state index in [1.165, 1.54) is 6.08 Å². The van der Waals surface area contributed by atoms with E-state index in [0.29, 0.717) is 22.5 Å². The van der Waals surface area contributed by atoms with Gasteiger partial charge < -0.3 is 15.4 Å². The molecule has 2 heterocycles. The fourth-order valence-electron chi connectivity index (χ4n) is 3.55. The molecule has 2 N–H and O–H groups in total. The summed E-state index contributed by atoms with van der Waals surface area (Å²) < 4.78 is 7.98. The number of amides is 2. The molecule has 1 aliphatic rings. The lowest BCUT2D eigenvalue weighted by molar-refractivity contribution is -0.138. The zero-order valence-electron chi connectivity index (χ0n) is 17.3. The molecular weight excluding hydrogens is 472 g/mol. The average Bonchev–Trinajstić information content (AvgIpc) is 3.23. The van der Waals surface area contributed by atoms with Crippen molar-refractivity contribution in [2.75, 3.05) is 6.61 Å². The second-order valence-electron chi connectivity index (χ2n) is 7.18. The number of carbonyl (C=O) groups is 2. The van der Waals surface area contributed by atoms with Crippen LogP contribution in [0.15, 0.2) is 89.2 Å². The van der Waals surface area contributed by atoms with Gasteiger partial charge >= 0.3 is 12.0 Å². The minimum absolute atomic E-state index is 0.0686. The quantitative estimate of drug-likeness (QED) is 0.387. The van der Waals surface area contributed by atoms with Gasteiger partial charge in [-0.2, -0.15) is 5.10 Å². The summed E-state index contributed by atoms with van der Waals surface area (Å²) in [7, 11) is 0. The van der Waals surface area contributed by atoms with Gasteiger partial charge in [-0.05, 0) is 31.2 Å². The molecule has 0 fully saturated rings. The highest BCUT2D eigenvalue weighted by molar-refractivity contribution is 9.10. The smallest absolute Gasteiger partial charge is 0.338 e. The summed E-state index contributed by atoms with van der Waals surface area (Å²) in [5, 5.41) is 10.3. The standard InChI is InChI=1S/C24H21BrN4O3/c1-3-13-32-23(30)20-15(2)26-24(31)27-22(20)19-14-29(18-7-5-4-6-8-18)28-21(19)16-9-11-17(25)12-10-16/h3-12,14,22H,1,13H2,2H3,(H2,26,27,31). The Morgan fingerprint density at radius 3 is 2.62 bits per heavy atom. The van der Waals surface area contributed by atoms with E-state index < -0.39 is 18.0 Å². The van der Waals surface area contributed by atoms with Gasteiger partial charge in [-0.1, -0.05) is 58.9 Å². The summed E-state index contributed by atoms with van der Waals surface area (Å²) in [6.45, 7) is 5.33. The molecule has 2 amide bonds. The van der Waals surface area contributed by atoms with Crippen LogP contribution < -0.4 is 10.6 Å². The van der Waals surface area contributed by atoms with Crippen molar-refractivity contribution in [3.8, 4) is 16.9 Å². The third-order valence-electron chi connectivity index (χ3n) is 5.01. The Hall–Kier alpha value is -3.65. The Balaban J connectivity index is 1.88. The molecule has 1 aliphatic heterocycles. The van der Waals surface area contributed by atoms with Crippen molar-refractivity contribution in [1.82, 2.24) is 20.4 Å². The first-order chi connectivity index (χ1) is 15.5. The fourth-order valence-corrected chi connectivity index (χ4v) is 3.82. The van der Waals surface area contributed by atoms with Crippen LogP contribution >= 0.6 is 15.9 Å². The molecule has 1 atom stereocenters. The molecule has 1 unspecified atom stereocenters. The van der Waals surface area contributed by atoms with Crippen LogP contribution in [0.5, 0.6) is 0 Å². The van der Waals surface area contributed by atoms with Gasteiger partial charge in [-0.25, -0.2) is 14.3 Å². The predicted octanol–water partition coefficient (Wildman–Crippen LogP) is 4.66. The van der Waals surface area contributed by atoms with E-state index in [4.69, 9.17) is 9.84 Å². The van der Waals surface area contributed by atoms with Crippen molar-refractivity contribution in [1.29, 1.82) is 0 Å². The van der Waals surface area contributed by atoms with Crippen LogP contribution in [0.2, 0.25) is 0 Å². The van der Waals surface area contributed by atoms with Crippen molar-refractivity contribution in [2.24, 2.45) is 0 Å². The number of hydrogen-bond donors (Lipinski definition) is 2. The van der Waals surface area contributed by atoms with E-state index in [-0.39, 0.29) is 6.61 Å². The van der Waals surface area contributed by atoms with Gasteiger partial charge in [0.2, 0.25) is 0 Å².